The molecular weight excluding hydrogens is 319 g/mol. The zero-order valence-corrected chi connectivity index (χ0v) is 14.8. The number of amides is 2. The summed E-state index contributed by atoms with van der Waals surface area (Å²) in [6, 6.07) is 6.45. The van der Waals surface area contributed by atoms with Gasteiger partial charge in [0, 0.05) is 18.8 Å². The molecule has 134 valence electrons. The van der Waals surface area contributed by atoms with E-state index in [1.54, 1.807) is 6.07 Å². The molecule has 3 rings (SSSR count). The van der Waals surface area contributed by atoms with Crippen molar-refractivity contribution in [2.45, 2.75) is 45.6 Å². The normalized spacial score (nSPS) is 17.6. The molecule has 0 bridgehead atoms. The van der Waals surface area contributed by atoms with Gasteiger partial charge in [0.1, 0.15) is 5.82 Å². The lowest BCUT2D eigenvalue weighted by Crippen LogP contribution is -2.45. The van der Waals surface area contributed by atoms with E-state index in [1.165, 1.54) is 12.1 Å². The van der Waals surface area contributed by atoms with Crippen molar-refractivity contribution in [2.75, 3.05) is 13.1 Å². The van der Waals surface area contributed by atoms with E-state index in [1.807, 2.05) is 24.8 Å². The van der Waals surface area contributed by atoms with Gasteiger partial charge in [0.2, 0.25) is 0 Å². The van der Waals surface area contributed by atoms with Gasteiger partial charge in [-0.15, -0.1) is 0 Å². The highest BCUT2D eigenvalue weighted by molar-refractivity contribution is 5.75. The van der Waals surface area contributed by atoms with Gasteiger partial charge in [0.25, 0.3) is 0 Å². The fourth-order valence-electron chi connectivity index (χ4n) is 3.57. The third kappa shape index (κ3) is 4.00. The number of nitrogens with zero attached hydrogens (tertiary/aromatic N) is 2. The average molecular weight is 344 g/mol. The molecule has 25 heavy (non-hydrogen) atoms. The van der Waals surface area contributed by atoms with Crippen molar-refractivity contribution >= 4 is 6.03 Å². The fourth-order valence-corrected chi connectivity index (χ4v) is 3.57. The number of nitrogens with one attached hydrogen (secondary N) is 2. The second-order valence-electron chi connectivity index (χ2n) is 6.65. The minimum absolute atomic E-state index is 0.0538. The predicted molar refractivity (Wildman–Crippen MR) is 94.9 cm³/mol. The van der Waals surface area contributed by atoms with E-state index >= 15 is 0 Å². The molecule has 1 saturated heterocycles. The van der Waals surface area contributed by atoms with Crippen molar-refractivity contribution in [1.82, 2.24) is 20.4 Å². The van der Waals surface area contributed by atoms with Crippen LogP contribution in [-0.2, 0) is 6.42 Å². The number of carbonyl (C=O) groups excluding carboxylic acids is 1. The Morgan fingerprint density at radius 1 is 1.40 bits per heavy atom. The lowest BCUT2D eigenvalue weighted by Gasteiger charge is -2.36. The summed E-state index contributed by atoms with van der Waals surface area (Å²) in [5.74, 6) is -0.255. The number of hydrogen-bond acceptors (Lipinski definition) is 2. The number of aryl methyl sites for hydroxylation is 2. The minimum Gasteiger partial charge on any atom is -0.338 e. The molecule has 2 amide bonds. The SMILES string of the molecule is Cc1n[nH]c(C)c1CCNC(=O)N1CCCC[C@H]1c1cccc(F)c1. The Hall–Kier alpha value is -2.37. The van der Waals surface area contributed by atoms with Gasteiger partial charge in [-0.1, -0.05) is 12.1 Å². The third-order valence-electron chi connectivity index (χ3n) is 4.93. The number of aromatic amines is 1. The first kappa shape index (κ1) is 17.5. The summed E-state index contributed by atoms with van der Waals surface area (Å²) in [6.45, 7) is 5.22. The van der Waals surface area contributed by atoms with Crippen LogP contribution in [0.3, 0.4) is 0 Å². The molecule has 5 nitrogen and oxygen atoms in total. The highest BCUT2D eigenvalue weighted by Crippen LogP contribution is 2.31. The second-order valence-corrected chi connectivity index (χ2v) is 6.65. The second kappa shape index (κ2) is 7.68. The van der Waals surface area contributed by atoms with Crippen LogP contribution in [0.25, 0.3) is 0 Å². The van der Waals surface area contributed by atoms with E-state index in [-0.39, 0.29) is 17.9 Å². The molecule has 2 aromatic rings. The van der Waals surface area contributed by atoms with Crippen LogP contribution in [0.2, 0.25) is 0 Å². The van der Waals surface area contributed by atoms with Crippen molar-refractivity contribution in [2.24, 2.45) is 0 Å². The third-order valence-corrected chi connectivity index (χ3v) is 4.93. The number of halogens is 1. The van der Waals surface area contributed by atoms with Crippen molar-refractivity contribution < 1.29 is 9.18 Å². The molecule has 1 aliphatic heterocycles. The number of urea groups is 1. The largest absolute Gasteiger partial charge is 0.338 e. The lowest BCUT2D eigenvalue weighted by atomic mass is 9.95. The van der Waals surface area contributed by atoms with Crippen molar-refractivity contribution in [3.8, 4) is 0 Å². The van der Waals surface area contributed by atoms with Crippen LogP contribution in [0.4, 0.5) is 9.18 Å². The summed E-state index contributed by atoms with van der Waals surface area (Å²) < 4.78 is 13.6. The molecule has 0 saturated carbocycles. The molecule has 2 N–H and O–H groups in total. The summed E-state index contributed by atoms with van der Waals surface area (Å²) >= 11 is 0. The van der Waals surface area contributed by atoms with Gasteiger partial charge in [-0.3, -0.25) is 5.10 Å². The number of rotatable bonds is 4. The zero-order chi connectivity index (χ0) is 17.8. The van der Waals surface area contributed by atoms with Gasteiger partial charge < -0.3 is 10.2 Å². The van der Waals surface area contributed by atoms with Crippen LogP contribution in [0.5, 0.6) is 0 Å². The van der Waals surface area contributed by atoms with E-state index in [0.717, 1.165) is 48.2 Å². The van der Waals surface area contributed by atoms with Crippen molar-refractivity contribution in [3.63, 3.8) is 0 Å². The maximum absolute atomic E-state index is 13.6. The molecule has 1 aromatic heterocycles. The van der Waals surface area contributed by atoms with Crippen molar-refractivity contribution in [1.29, 1.82) is 0 Å². The number of piperidine rings is 1. The van der Waals surface area contributed by atoms with Crippen LogP contribution < -0.4 is 5.32 Å². The molecule has 0 unspecified atom stereocenters. The van der Waals surface area contributed by atoms with Crippen molar-refractivity contribution in [3.05, 3.63) is 52.6 Å². The number of likely N-dealkylation sites (tertiary alicyclic amines) is 1. The Morgan fingerprint density at radius 2 is 2.24 bits per heavy atom. The van der Waals surface area contributed by atoms with Gasteiger partial charge in [0.15, 0.2) is 0 Å². The molecular formula is C19H25FN4O. The smallest absolute Gasteiger partial charge is 0.317 e. The van der Waals surface area contributed by atoms with Crippen LogP contribution >= 0.6 is 0 Å². The maximum atomic E-state index is 13.6. The predicted octanol–water partition coefficient (Wildman–Crippen LogP) is 3.64. The Bertz CT molecular complexity index is 723. The molecule has 1 aromatic carbocycles. The number of hydrogen-bond donors (Lipinski definition) is 2. The van der Waals surface area contributed by atoms with Crippen LogP contribution in [0.15, 0.2) is 24.3 Å². The number of H-pyrrole nitrogens is 1. The Kier molecular flexibility index (Phi) is 5.36. The zero-order valence-electron chi connectivity index (χ0n) is 14.8. The number of aromatic nitrogens is 2. The number of benzene rings is 1. The van der Waals surface area contributed by atoms with Gasteiger partial charge >= 0.3 is 6.03 Å². The first-order valence-electron chi connectivity index (χ1n) is 8.86. The molecule has 0 spiro atoms. The summed E-state index contributed by atoms with van der Waals surface area (Å²) in [7, 11) is 0. The average Bonchev–Trinajstić information content (AvgIpc) is 2.93. The Labute approximate surface area is 147 Å². The summed E-state index contributed by atoms with van der Waals surface area (Å²) in [5, 5.41) is 10.2. The molecule has 1 atom stereocenters. The summed E-state index contributed by atoms with van der Waals surface area (Å²) in [4.78, 5) is 14.5. The van der Waals surface area contributed by atoms with Gasteiger partial charge in [0.05, 0.1) is 11.7 Å². The highest BCUT2D eigenvalue weighted by Gasteiger charge is 2.28. The first-order valence-corrected chi connectivity index (χ1v) is 8.86. The highest BCUT2D eigenvalue weighted by atomic mass is 19.1. The summed E-state index contributed by atoms with van der Waals surface area (Å²) in [5.41, 5.74) is 4.04. The molecule has 0 aliphatic carbocycles. The first-order chi connectivity index (χ1) is 12.1. The molecule has 0 radical (unpaired) electrons. The van der Waals surface area contributed by atoms with Crippen LogP contribution in [0, 0.1) is 19.7 Å². The quantitative estimate of drug-likeness (QED) is 0.889. The number of carbonyl (C=O) groups is 1. The molecule has 6 heteroatoms. The van der Waals surface area contributed by atoms with Gasteiger partial charge in [-0.25, -0.2) is 9.18 Å². The Morgan fingerprint density at radius 3 is 2.96 bits per heavy atom. The molecule has 1 aliphatic rings. The topological polar surface area (TPSA) is 61.0 Å². The minimum atomic E-state index is -0.255. The van der Waals surface area contributed by atoms with E-state index in [9.17, 15) is 9.18 Å². The lowest BCUT2D eigenvalue weighted by molar-refractivity contribution is 0.151. The van der Waals surface area contributed by atoms with E-state index in [0.29, 0.717) is 13.1 Å². The maximum Gasteiger partial charge on any atom is 0.317 e. The van der Waals surface area contributed by atoms with E-state index in [4.69, 9.17) is 0 Å². The molecule has 2 heterocycles. The fraction of sp³-hybridized carbons (Fsp3) is 0.474. The standard InChI is InChI=1S/C19H25FN4O/c1-13-17(14(2)23-22-13)9-10-21-19(25)24-11-4-3-8-18(24)15-6-5-7-16(20)12-15/h5-7,12,18H,3-4,8-11H2,1-2H3,(H,21,25)(H,22,23)/t18-/m0/s1. The monoisotopic (exact) mass is 344 g/mol. The van der Waals surface area contributed by atoms with Crippen LogP contribution in [0.1, 0.15) is 47.8 Å². The van der Waals surface area contributed by atoms with E-state index in [2.05, 4.69) is 15.5 Å². The molecule has 1 fully saturated rings. The summed E-state index contributed by atoms with van der Waals surface area (Å²) in [6.07, 6.45) is 3.66. The van der Waals surface area contributed by atoms with Gasteiger partial charge in [-0.2, -0.15) is 5.10 Å². The van der Waals surface area contributed by atoms with Gasteiger partial charge in [-0.05, 0) is 62.8 Å². The van der Waals surface area contributed by atoms with Crippen LogP contribution in [-0.4, -0.2) is 34.2 Å². The Balaban J connectivity index is 1.63. The van der Waals surface area contributed by atoms with E-state index < -0.39 is 0 Å².